The molecule has 0 saturated carbocycles. The van der Waals surface area contributed by atoms with Crippen LogP contribution >= 0.6 is 0 Å². The largest absolute Gasteiger partial charge is 0.466 e. The molecule has 0 fully saturated rings. The molecule has 0 amide bonds. The number of rotatable bonds is 8. The summed E-state index contributed by atoms with van der Waals surface area (Å²) >= 11 is 0. The van der Waals surface area contributed by atoms with Gasteiger partial charge in [-0.05, 0) is 32.6 Å². The second-order valence-corrected chi connectivity index (χ2v) is 7.01. The van der Waals surface area contributed by atoms with Gasteiger partial charge in [-0.1, -0.05) is 86.8 Å². The van der Waals surface area contributed by atoms with Crippen molar-refractivity contribution in [2.24, 2.45) is 16.7 Å². The number of carbonyl (C=O) groups excluding carboxylic acids is 1. The molecule has 26 heavy (non-hydrogen) atoms. The SMILES string of the molecule is CC/C=C\C1(/C=C\C[C@@H](CC)C(=O)OCC)C=CC2(C=CCC=C2)C=C1. The average molecular weight is 353 g/mol. The summed E-state index contributed by atoms with van der Waals surface area (Å²) in [4.78, 5) is 12.0. The number of esters is 1. The number of allylic oxidation sites excluding steroid dienone is 12. The van der Waals surface area contributed by atoms with Crippen LogP contribution in [0.3, 0.4) is 0 Å². The van der Waals surface area contributed by atoms with E-state index in [0.29, 0.717) is 13.0 Å². The van der Waals surface area contributed by atoms with E-state index in [1.54, 1.807) is 0 Å². The van der Waals surface area contributed by atoms with Crippen molar-refractivity contribution in [2.45, 2.75) is 46.5 Å². The van der Waals surface area contributed by atoms with Crippen LogP contribution in [0.15, 0.2) is 72.9 Å². The molecule has 2 aliphatic carbocycles. The van der Waals surface area contributed by atoms with E-state index < -0.39 is 0 Å². The van der Waals surface area contributed by atoms with Gasteiger partial charge in [-0.15, -0.1) is 0 Å². The van der Waals surface area contributed by atoms with E-state index in [0.717, 1.165) is 19.3 Å². The Balaban J connectivity index is 2.14. The van der Waals surface area contributed by atoms with Gasteiger partial charge in [0.05, 0.1) is 12.5 Å². The predicted octanol–water partition coefficient (Wildman–Crippen LogP) is 6.10. The molecule has 0 saturated heterocycles. The number of carbonyl (C=O) groups is 1. The fourth-order valence-corrected chi connectivity index (χ4v) is 3.31. The first-order chi connectivity index (χ1) is 12.6. The molecule has 0 bridgehead atoms. The van der Waals surface area contributed by atoms with Crippen LogP contribution < -0.4 is 0 Å². The molecule has 1 spiro atoms. The van der Waals surface area contributed by atoms with Crippen molar-refractivity contribution in [1.82, 2.24) is 0 Å². The third-order valence-electron chi connectivity index (χ3n) is 4.99. The highest BCUT2D eigenvalue weighted by molar-refractivity contribution is 5.72. The molecule has 0 N–H and O–H groups in total. The van der Waals surface area contributed by atoms with Crippen molar-refractivity contribution in [3.05, 3.63) is 72.9 Å². The van der Waals surface area contributed by atoms with Crippen molar-refractivity contribution in [3.63, 3.8) is 0 Å². The quantitative estimate of drug-likeness (QED) is 0.389. The molecule has 0 aromatic carbocycles. The Labute approximate surface area is 158 Å². The monoisotopic (exact) mass is 352 g/mol. The lowest BCUT2D eigenvalue weighted by atomic mass is 9.73. The summed E-state index contributed by atoms with van der Waals surface area (Å²) in [5.74, 6) is -0.158. The second kappa shape index (κ2) is 9.56. The highest BCUT2D eigenvalue weighted by Crippen LogP contribution is 2.39. The molecular formula is C24H32O2. The lowest BCUT2D eigenvalue weighted by molar-refractivity contribution is -0.148. The standard InChI is InChI=1S/C24H32O2/c1-4-7-13-23(16-11-12-21(5-2)22(25)26-6-3)17-19-24(20-18-23)14-9-8-10-15-24/h7,9-11,13-21H,4-6,8,12H2,1-3H3/b13-7-,16-11-/t21-/m1/s1. The average Bonchev–Trinajstić information content (AvgIpc) is 2.67. The van der Waals surface area contributed by atoms with Crippen molar-refractivity contribution in [1.29, 1.82) is 0 Å². The molecule has 140 valence electrons. The van der Waals surface area contributed by atoms with E-state index in [4.69, 9.17) is 4.74 Å². The highest BCUT2D eigenvalue weighted by atomic mass is 16.5. The lowest BCUT2D eigenvalue weighted by Crippen LogP contribution is -2.20. The van der Waals surface area contributed by atoms with Crippen LogP contribution in [0.1, 0.15) is 46.5 Å². The maximum absolute atomic E-state index is 12.0. The lowest BCUT2D eigenvalue weighted by Gasteiger charge is -2.31. The number of hydrogen-bond donors (Lipinski definition) is 0. The summed E-state index contributed by atoms with van der Waals surface area (Å²) < 4.78 is 5.17. The molecule has 1 atom stereocenters. The summed E-state index contributed by atoms with van der Waals surface area (Å²) in [6, 6.07) is 0. The number of ether oxygens (including phenoxy) is 1. The highest BCUT2D eigenvalue weighted by Gasteiger charge is 2.28. The van der Waals surface area contributed by atoms with Gasteiger partial charge in [0.15, 0.2) is 0 Å². The van der Waals surface area contributed by atoms with E-state index in [9.17, 15) is 4.79 Å². The van der Waals surface area contributed by atoms with Gasteiger partial charge in [-0.2, -0.15) is 0 Å². The molecule has 0 radical (unpaired) electrons. The van der Waals surface area contributed by atoms with Crippen LogP contribution in [0, 0.1) is 16.7 Å². The Kier molecular flexibility index (Phi) is 7.44. The molecule has 2 rings (SSSR count). The second-order valence-electron chi connectivity index (χ2n) is 7.01. The third kappa shape index (κ3) is 5.20. The van der Waals surface area contributed by atoms with Gasteiger partial charge in [0.25, 0.3) is 0 Å². The van der Waals surface area contributed by atoms with Gasteiger partial charge < -0.3 is 4.74 Å². The zero-order valence-corrected chi connectivity index (χ0v) is 16.4. The van der Waals surface area contributed by atoms with Gasteiger partial charge in [0.1, 0.15) is 0 Å². The minimum Gasteiger partial charge on any atom is -0.466 e. The first-order valence-corrected chi connectivity index (χ1v) is 9.87. The molecule has 0 aromatic rings. The Morgan fingerprint density at radius 1 is 1.00 bits per heavy atom. The molecule has 2 nitrogen and oxygen atoms in total. The normalized spacial score (nSPS) is 21.0. The Bertz CT molecular complexity index is 615. The molecule has 0 aliphatic heterocycles. The van der Waals surface area contributed by atoms with Crippen LogP contribution in [0.25, 0.3) is 0 Å². The first-order valence-electron chi connectivity index (χ1n) is 9.87. The van der Waals surface area contributed by atoms with Gasteiger partial charge in [0, 0.05) is 10.8 Å². The smallest absolute Gasteiger partial charge is 0.309 e. The Morgan fingerprint density at radius 3 is 2.23 bits per heavy atom. The van der Waals surface area contributed by atoms with Gasteiger partial charge in [0.2, 0.25) is 0 Å². The van der Waals surface area contributed by atoms with Crippen LogP contribution in [0.2, 0.25) is 0 Å². The molecule has 2 heteroatoms. The van der Waals surface area contributed by atoms with E-state index in [1.165, 1.54) is 0 Å². The predicted molar refractivity (Wildman–Crippen MR) is 110 cm³/mol. The topological polar surface area (TPSA) is 26.3 Å². The van der Waals surface area contributed by atoms with Crippen LogP contribution in [-0.4, -0.2) is 12.6 Å². The van der Waals surface area contributed by atoms with Gasteiger partial charge in [-0.25, -0.2) is 0 Å². The van der Waals surface area contributed by atoms with E-state index in [-0.39, 0.29) is 22.7 Å². The van der Waals surface area contributed by atoms with Crippen LogP contribution in [0.5, 0.6) is 0 Å². The van der Waals surface area contributed by atoms with Crippen LogP contribution in [0.4, 0.5) is 0 Å². The van der Waals surface area contributed by atoms with Gasteiger partial charge >= 0.3 is 5.97 Å². The molecule has 2 aliphatic rings. The van der Waals surface area contributed by atoms with Crippen molar-refractivity contribution >= 4 is 5.97 Å². The number of hydrogen-bond acceptors (Lipinski definition) is 2. The summed E-state index contributed by atoms with van der Waals surface area (Å²) in [6.07, 6.45) is 30.3. The molecule has 0 heterocycles. The van der Waals surface area contributed by atoms with Crippen molar-refractivity contribution < 1.29 is 9.53 Å². The summed E-state index contributed by atoms with van der Waals surface area (Å²) in [7, 11) is 0. The van der Waals surface area contributed by atoms with Crippen molar-refractivity contribution in [2.75, 3.05) is 6.61 Å². The van der Waals surface area contributed by atoms with Crippen molar-refractivity contribution in [3.8, 4) is 0 Å². The zero-order valence-electron chi connectivity index (χ0n) is 16.4. The fourth-order valence-electron chi connectivity index (χ4n) is 3.31. The van der Waals surface area contributed by atoms with E-state index >= 15 is 0 Å². The third-order valence-corrected chi connectivity index (χ3v) is 4.99. The maximum atomic E-state index is 12.0. The van der Waals surface area contributed by atoms with Crippen LogP contribution in [-0.2, 0) is 9.53 Å². The fraction of sp³-hybridized carbons (Fsp3) is 0.458. The van der Waals surface area contributed by atoms with Gasteiger partial charge in [-0.3, -0.25) is 4.79 Å². The summed E-state index contributed by atoms with van der Waals surface area (Å²) in [5.41, 5.74) is -0.292. The van der Waals surface area contributed by atoms with E-state index in [1.807, 2.05) is 13.8 Å². The maximum Gasteiger partial charge on any atom is 0.309 e. The first kappa shape index (κ1) is 20.2. The zero-order chi connectivity index (χ0) is 18.9. The Hall–Kier alpha value is -2.09. The minimum absolute atomic E-state index is 0.0643. The van der Waals surface area contributed by atoms with E-state index in [2.05, 4.69) is 79.8 Å². The summed E-state index contributed by atoms with van der Waals surface area (Å²) in [5, 5.41) is 0. The molecule has 0 aromatic heterocycles. The summed E-state index contributed by atoms with van der Waals surface area (Å²) in [6.45, 7) is 6.48. The Morgan fingerprint density at radius 2 is 1.65 bits per heavy atom. The minimum atomic E-state index is -0.215. The molecular weight excluding hydrogens is 320 g/mol. The molecule has 0 unspecified atom stereocenters.